The summed E-state index contributed by atoms with van der Waals surface area (Å²) >= 11 is 0. The van der Waals surface area contributed by atoms with Crippen molar-refractivity contribution in [3.8, 4) is 11.6 Å². The van der Waals surface area contributed by atoms with E-state index >= 15 is 0 Å². The zero-order valence-electron chi connectivity index (χ0n) is 11.8. The Kier molecular flexibility index (Phi) is 3.84. The van der Waals surface area contributed by atoms with E-state index in [1.165, 1.54) is 0 Å². The minimum Gasteiger partial charge on any atom is -0.461 e. The molecule has 0 bridgehead atoms. The third kappa shape index (κ3) is 2.48. The van der Waals surface area contributed by atoms with Crippen molar-refractivity contribution in [2.45, 2.75) is 32.2 Å². The molecule has 0 aromatic carbocycles. The van der Waals surface area contributed by atoms with Crippen LogP contribution in [0.25, 0.3) is 11.6 Å². The standard InChI is InChI=1S/C14H19N3O3/c1-3-5-15-11-8-18-7-10(11)14-16-13(17-20-14)12-9(2)4-6-19-12/h4,6,10-11,15H,3,5,7-8H2,1-2H3. The molecule has 3 rings (SSSR count). The van der Waals surface area contributed by atoms with Crippen molar-refractivity contribution in [1.29, 1.82) is 0 Å². The molecule has 1 saturated heterocycles. The van der Waals surface area contributed by atoms with Gasteiger partial charge in [0.25, 0.3) is 0 Å². The molecule has 0 spiro atoms. The molecule has 2 aromatic rings. The minimum atomic E-state index is 0.109. The van der Waals surface area contributed by atoms with Gasteiger partial charge < -0.3 is 19.0 Å². The predicted octanol–water partition coefficient (Wildman–Crippen LogP) is 2.12. The summed E-state index contributed by atoms with van der Waals surface area (Å²) in [7, 11) is 0. The Morgan fingerprint density at radius 1 is 1.40 bits per heavy atom. The molecule has 1 aliphatic heterocycles. The molecule has 3 heterocycles. The first kappa shape index (κ1) is 13.3. The van der Waals surface area contributed by atoms with Crippen LogP contribution in [0.15, 0.2) is 21.3 Å². The first-order valence-electron chi connectivity index (χ1n) is 6.98. The maximum atomic E-state index is 5.53. The number of hydrogen-bond acceptors (Lipinski definition) is 6. The molecule has 2 aromatic heterocycles. The lowest BCUT2D eigenvalue weighted by Gasteiger charge is -2.14. The van der Waals surface area contributed by atoms with Gasteiger partial charge in [0, 0.05) is 6.04 Å². The fourth-order valence-electron chi connectivity index (χ4n) is 2.41. The molecule has 0 saturated carbocycles. The molecule has 0 radical (unpaired) electrons. The third-order valence-corrected chi connectivity index (χ3v) is 3.56. The van der Waals surface area contributed by atoms with Crippen molar-refractivity contribution in [2.24, 2.45) is 0 Å². The molecule has 2 unspecified atom stereocenters. The van der Waals surface area contributed by atoms with Gasteiger partial charge in [0.15, 0.2) is 5.76 Å². The van der Waals surface area contributed by atoms with Gasteiger partial charge in [0.05, 0.1) is 25.4 Å². The second kappa shape index (κ2) is 5.76. The van der Waals surface area contributed by atoms with Crippen LogP contribution in [0, 0.1) is 6.92 Å². The Bertz CT molecular complexity index is 564. The first-order chi connectivity index (χ1) is 9.79. The minimum absolute atomic E-state index is 0.109. The van der Waals surface area contributed by atoms with Crippen LogP contribution in [-0.2, 0) is 4.74 Å². The number of aryl methyl sites for hydroxylation is 1. The molecule has 6 heteroatoms. The van der Waals surface area contributed by atoms with E-state index in [-0.39, 0.29) is 12.0 Å². The van der Waals surface area contributed by atoms with Gasteiger partial charge in [-0.3, -0.25) is 0 Å². The Morgan fingerprint density at radius 3 is 3.05 bits per heavy atom. The largest absolute Gasteiger partial charge is 0.461 e. The second-order valence-corrected chi connectivity index (χ2v) is 5.09. The number of furan rings is 1. The van der Waals surface area contributed by atoms with Crippen molar-refractivity contribution < 1.29 is 13.7 Å². The highest BCUT2D eigenvalue weighted by molar-refractivity contribution is 5.51. The number of rotatable bonds is 5. The molecule has 20 heavy (non-hydrogen) atoms. The molecule has 2 atom stereocenters. The second-order valence-electron chi connectivity index (χ2n) is 5.09. The number of nitrogens with one attached hydrogen (secondary N) is 1. The number of aromatic nitrogens is 2. The highest BCUT2D eigenvalue weighted by atomic mass is 16.5. The first-order valence-corrected chi connectivity index (χ1v) is 6.98. The molecule has 1 aliphatic rings. The molecule has 6 nitrogen and oxygen atoms in total. The normalized spacial score (nSPS) is 22.5. The maximum absolute atomic E-state index is 5.53. The van der Waals surface area contributed by atoms with Gasteiger partial charge in [-0.25, -0.2) is 0 Å². The maximum Gasteiger partial charge on any atom is 0.238 e. The van der Waals surface area contributed by atoms with E-state index in [9.17, 15) is 0 Å². The molecular weight excluding hydrogens is 258 g/mol. The van der Waals surface area contributed by atoms with Crippen molar-refractivity contribution in [1.82, 2.24) is 15.5 Å². The lowest BCUT2D eigenvalue weighted by Crippen LogP contribution is -2.34. The van der Waals surface area contributed by atoms with E-state index in [0.717, 1.165) is 18.5 Å². The van der Waals surface area contributed by atoms with Gasteiger partial charge in [-0.05, 0) is 31.5 Å². The van der Waals surface area contributed by atoms with E-state index in [1.807, 2.05) is 13.0 Å². The van der Waals surface area contributed by atoms with E-state index in [2.05, 4.69) is 22.4 Å². The number of hydrogen-bond donors (Lipinski definition) is 1. The van der Waals surface area contributed by atoms with Crippen LogP contribution >= 0.6 is 0 Å². The Balaban J connectivity index is 1.78. The van der Waals surface area contributed by atoms with Gasteiger partial charge in [-0.2, -0.15) is 4.98 Å². The molecular formula is C14H19N3O3. The van der Waals surface area contributed by atoms with E-state index < -0.39 is 0 Å². The summed E-state index contributed by atoms with van der Waals surface area (Å²) in [5.74, 6) is 1.89. The summed E-state index contributed by atoms with van der Waals surface area (Å²) in [6.07, 6.45) is 2.72. The van der Waals surface area contributed by atoms with Crippen LogP contribution in [0.2, 0.25) is 0 Å². The van der Waals surface area contributed by atoms with Crippen LogP contribution in [-0.4, -0.2) is 35.9 Å². The van der Waals surface area contributed by atoms with E-state index in [4.69, 9.17) is 13.7 Å². The monoisotopic (exact) mass is 277 g/mol. The predicted molar refractivity (Wildman–Crippen MR) is 72.4 cm³/mol. The fourth-order valence-corrected chi connectivity index (χ4v) is 2.41. The third-order valence-electron chi connectivity index (χ3n) is 3.56. The SMILES string of the molecule is CCCNC1COCC1c1nc(-c2occc2C)no1. The summed E-state index contributed by atoms with van der Waals surface area (Å²) in [5.41, 5.74) is 1.00. The van der Waals surface area contributed by atoms with Crippen molar-refractivity contribution in [3.63, 3.8) is 0 Å². The van der Waals surface area contributed by atoms with Crippen molar-refractivity contribution in [2.75, 3.05) is 19.8 Å². The summed E-state index contributed by atoms with van der Waals surface area (Å²) in [5, 5.41) is 7.47. The number of nitrogens with zero attached hydrogens (tertiary/aromatic N) is 2. The fraction of sp³-hybridized carbons (Fsp3) is 0.571. The van der Waals surface area contributed by atoms with Gasteiger partial charge >= 0.3 is 0 Å². The topological polar surface area (TPSA) is 73.3 Å². The van der Waals surface area contributed by atoms with Crippen LogP contribution < -0.4 is 5.32 Å². The Labute approximate surface area is 117 Å². The van der Waals surface area contributed by atoms with E-state index in [0.29, 0.717) is 30.7 Å². The van der Waals surface area contributed by atoms with Gasteiger partial charge in [0.2, 0.25) is 11.7 Å². The summed E-state index contributed by atoms with van der Waals surface area (Å²) < 4.78 is 16.3. The summed E-state index contributed by atoms with van der Waals surface area (Å²) in [6, 6.07) is 2.12. The highest BCUT2D eigenvalue weighted by Crippen LogP contribution is 2.28. The molecule has 1 N–H and O–H groups in total. The average Bonchev–Trinajstić information content (AvgIpc) is 3.15. The van der Waals surface area contributed by atoms with Crippen LogP contribution in [0.5, 0.6) is 0 Å². The van der Waals surface area contributed by atoms with Gasteiger partial charge in [-0.15, -0.1) is 0 Å². The highest BCUT2D eigenvalue weighted by Gasteiger charge is 2.34. The van der Waals surface area contributed by atoms with Gasteiger partial charge in [0.1, 0.15) is 0 Å². The van der Waals surface area contributed by atoms with Crippen LogP contribution in [0.3, 0.4) is 0 Å². The lowest BCUT2D eigenvalue weighted by atomic mass is 10.0. The lowest BCUT2D eigenvalue weighted by molar-refractivity contribution is 0.184. The zero-order chi connectivity index (χ0) is 13.9. The molecule has 0 aliphatic carbocycles. The smallest absolute Gasteiger partial charge is 0.238 e. The molecule has 0 amide bonds. The molecule has 108 valence electrons. The van der Waals surface area contributed by atoms with Gasteiger partial charge in [-0.1, -0.05) is 12.1 Å². The molecule has 1 fully saturated rings. The van der Waals surface area contributed by atoms with Crippen LogP contribution in [0.1, 0.15) is 30.7 Å². The van der Waals surface area contributed by atoms with E-state index in [1.54, 1.807) is 6.26 Å². The van der Waals surface area contributed by atoms with Crippen molar-refractivity contribution in [3.05, 3.63) is 23.8 Å². The summed E-state index contributed by atoms with van der Waals surface area (Å²) in [4.78, 5) is 4.46. The Hall–Kier alpha value is -1.66. The zero-order valence-corrected chi connectivity index (χ0v) is 11.8. The van der Waals surface area contributed by atoms with Crippen LogP contribution in [0.4, 0.5) is 0 Å². The quantitative estimate of drug-likeness (QED) is 0.902. The number of ether oxygens (including phenoxy) is 1. The Morgan fingerprint density at radius 2 is 2.30 bits per heavy atom. The van der Waals surface area contributed by atoms with Crippen molar-refractivity contribution >= 4 is 0 Å². The summed E-state index contributed by atoms with van der Waals surface area (Å²) in [6.45, 7) is 6.35. The average molecular weight is 277 g/mol.